The summed E-state index contributed by atoms with van der Waals surface area (Å²) < 4.78 is 17.1. The quantitative estimate of drug-likeness (QED) is 0.168. The minimum Gasteiger partial charge on any atom is -0.493 e. The molecule has 0 fully saturated rings. The van der Waals surface area contributed by atoms with Gasteiger partial charge in [-0.3, -0.25) is 4.79 Å². The highest BCUT2D eigenvalue weighted by molar-refractivity contribution is 6.10. The lowest BCUT2D eigenvalue weighted by Crippen LogP contribution is -2.14. The van der Waals surface area contributed by atoms with Crippen LogP contribution in [0.15, 0.2) is 85.0 Å². The predicted octanol–water partition coefficient (Wildman–Crippen LogP) is 5.74. The van der Waals surface area contributed by atoms with Crippen molar-refractivity contribution in [1.29, 1.82) is 5.26 Å². The smallest absolute Gasteiger partial charge is 0.266 e. The molecule has 0 unspecified atom stereocenters. The van der Waals surface area contributed by atoms with Gasteiger partial charge >= 0.3 is 0 Å². The van der Waals surface area contributed by atoms with Crippen LogP contribution in [0.25, 0.3) is 6.08 Å². The number of carbonyl (C=O) groups is 1. The van der Waals surface area contributed by atoms with Crippen LogP contribution < -0.4 is 19.5 Å². The van der Waals surface area contributed by atoms with Gasteiger partial charge in [0.2, 0.25) is 0 Å². The fourth-order valence-electron chi connectivity index (χ4n) is 3.37. The summed E-state index contributed by atoms with van der Waals surface area (Å²) in [5, 5.41) is 12.4. The van der Waals surface area contributed by atoms with Crippen molar-refractivity contribution in [3.05, 3.63) is 102 Å². The molecule has 0 aromatic heterocycles. The summed E-state index contributed by atoms with van der Waals surface area (Å²) in [6, 6.07) is 22.3. The Morgan fingerprint density at radius 2 is 1.71 bits per heavy atom. The van der Waals surface area contributed by atoms with Crippen molar-refractivity contribution in [3.8, 4) is 23.3 Å². The second-order valence-electron chi connectivity index (χ2n) is 7.65. The Kier molecular flexibility index (Phi) is 9.09. The largest absolute Gasteiger partial charge is 0.493 e. The van der Waals surface area contributed by atoms with Gasteiger partial charge in [-0.2, -0.15) is 5.26 Å². The number of nitrogens with zero attached hydrogens (tertiary/aromatic N) is 1. The number of ether oxygens (including phenoxy) is 3. The molecular formula is C29H28N2O4. The Bertz CT molecular complexity index is 1260. The Morgan fingerprint density at radius 1 is 1.00 bits per heavy atom. The van der Waals surface area contributed by atoms with E-state index in [-0.39, 0.29) is 18.8 Å². The molecule has 178 valence electrons. The van der Waals surface area contributed by atoms with Gasteiger partial charge in [0.25, 0.3) is 5.91 Å². The average Bonchev–Trinajstić information content (AvgIpc) is 2.87. The maximum atomic E-state index is 12.7. The molecule has 6 nitrogen and oxygen atoms in total. The first kappa shape index (κ1) is 25.1. The summed E-state index contributed by atoms with van der Waals surface area (Å²) in [7, 11) is 1.60. The van der Waals surface area contributed by atoms with Crippen LogP contribution in [-0.4, -0.2) is 26.2 Å². The number of anilines is 1. The van der Waals surface area contributed by atoms with Gasteiger partial charge in [0.1, 0.15) is 30.6 Å². The van der Waals surface area contributed by atoms with Gasteiger partial charge in [-0.15, -0.1) is 6.58 Å². The van der Waals surface area contributed by atoms with Crippen LogP contribution in [0, 0.1) is 18.3 Å². The molecule has 0 aliphatic heterocycles. The molecule has 0 atom stereocenters. The van der Waals surface area contributed by atoms with Crippen LogP contribution in [0.4, 0.5) is 5.69 Å². The highest BCUT2D eigenvalue weighted by atomic mass is 16.5. The van der Waals surface area contributed by atoms with Gasteiger partial charge in [0, 0.05) is 11.3 Å². The summed E-state index contributed by atoms with van der Waals surface area (Å²) in [4.78, 5) is 12.7. The predicted molar refractivity (Wildman–Crippen MR) is 138 cm³/mol. The third-order valence-corrected chi connectivity index (χ3v) is 5.18. The van der Waals surface area contributed by atoms with E-state index in [4.69, 9.17) is 14.2 Å². The molecule has 3 rings (SSSR count). The van der Waals surface area contributed by atoms with Crippen LogP contribution in [0.1, 0.15) is 16.7 Å². The van der Waals surface area contributed by atoms with Crippen molar-refractivity contribution in [1.82, 2.24) is 0 Å². The lowest BCUT2D eigenvalue weighted by atomic mass is 10.1. The van der Waals surface area contributed by atoms with Crippen LogP contribution in [0.3, 0.4) is 0 Å². The molecule has 0 saturated carbocycles. The van der Waals surface area contributed by atoms with Gasteiger partial charge in [-0.05, 0) is 54.8 Å². The molecule has 0 aliphatic carbocycles. The number of aryl methyl sites for hydroxylation is 1. The van der Waals surface area contributed by atoms with E-state index < -0.39 is 5.91 Å². The molecule has 6 heteroatoms. The fraction of sp³-hybridized carbons (Fsp3) is 0.172. The van der Waals surface area contributed by atoms with Crippen LogP contribution in [0.5, 0.6) is 17.2 Å². The topological polar surface area (TPSA) is 80.6 Å². The summed E-state index contributed by atoms with van der Waals surface area (Å²) in [6.45, 7) is 6.19. The Balaban J connectivity index is 1.65. The second-order valence-corrected chi connectivity index (χ2v) is 7.65. The first-order valence-electron chi connectivity index (χ1n) is 11.2. The van der Waals surface area contributed by atoms with Crippen molar-refractivity contribution >= 4 is 17.7 Å². The van der Waals surface area contributed by atoms with E-state index in [1.54, 1.807) is 25.3 Å². The number of carbonyl (C=O) groups excluding carboxylic acids is 1. The van der Waals surface area contributed by atoms with Crippen molar-refractivity contribution in [2.75, 3.05) is 25.6 Å². The summed E-state index contributed by atoms with van der Waals surface area (Å²) >= 11 is 0. The van der Waals surface area contributed by atoms with Gasteiger partial charge in [0.15, 0.2) is 11.5 Å². The van der Waals surface area contributed by atoms with Crippen LogP contribution >= 0.6 is 0 Å². The first-order chi connectivity index (χ1) is 17.0. The van der Waals surface area contributed by atoms with Gasteiger partial charge in [-0.1, -0.05) is 48.5 Å². The van der Waals surface area contributed by atoms with Gasteiger partial charge in [-0.25, -0.2) is 0 Å². The molecule has 3 aromatic carbocycles. The number of rotatable bonds is 11. The molecular weight excluding hydrogens is 440 g/mol. The van der Waals surface area contributed by atoms with E-state index in [1.165, 1.54) is 6.08 Å². The van der Waals surface area contributed by atoms with Crippen molar-refractivity contribution in [3.63, 3.8) is 0 Å². The summed E-state index contributed by atoms with van der Waals surface area (Å²) in [5.74, 6) is 1.33. The highest BCUT2D eigenvalue weighted by Crippen LogP contribution is 2.28. The molecule has 0 bridgehead atoms. The van der Waals surface area contributed by atoms with Crippen molar-refractivity contribution in [2.24, 2.45) is 0 Å². The molecule has 0 aliphatic rings. The maximum Gasteiger partial charge on any atom is 0.266 e. The van der Waals surface area contributed by atoms with Crippen molar-refractivity contribution < 1.29 is 19.0 Å². The third-order valence-electron chi connectivity index (χ3n) is 5.18. The Hall–Kier alpha value is -4.50. The van der Waals surface area contributed by atoms with E-state index in [2.05, 4.69) is 11.9 Å². The molecule has 3 aromatic rings. The molecule has 0 saturated heterocycles. The number of allylic oxidation sites excluding steroid dienone is 1. The van der Waals surface area contributed by atoms with E-state index in [9.17, 15) is 10.1 Å². The maximum absolute atomic E-state index is 12.7. The van der Waals surface area contributed by atoms with E-state index in [1.807, 2.05) is 67.6 Å². The monoisotopic (exact) mass is 468 g/mol. The number of nitriles is 1. The first-order valence-corrected chi connectivity index (χ1v) is 11.2. The summed E-state index contributed by atoms with van der Waals surface area (Å²) in [5.41, 5.74) is 3.25. The average molecular weight is 469 g/mol. The number of hydrogen-bond donors (Lipinski definition) is 1. The van der Waals surface area contributed by atoms with Gasteiger partial charge in [0.05, 0.1) is 7.11 Å². The molecule has 1 N–H and O–H groups in total. The SMILES string of the molecule is C=CCc1ccc(OCCOc2ccccc2/C=C(\C#N)C(=O)Nc2ccccc2C)c(OC)c1. The minimum absolute atomic E-state index is 0.0232. The third kappa shape index (κ3) is 6.99. The molecule has 0 radical (unpaired) electrons. The van der Waals surface area contributed by atoms with E-state index in [0.29, 0.717) is 28.5 Å². The zero-order valence-corrected chi connectivity index (χ0v) is 19.9. The molecule has 0 heterocycles. The standard InChI is InChI=1S/C29H28N2O4/c1-4-9-22-14-15-27(28(18-22)33-3)35-17-16-34-26-13-8-6-11-23(26)19-24(20-30)29(32)31-25-12-7-5-10-21(25)2/h4-8,10-15,18-19H,1,9,16-17H2,2-3H3,(H,31,32)/b24-19+. The molecule has 0 spiro atoms. The molecule has 1 amide bonds. The number of nitrogens with one attached hydrogen (secondary N) is 1. The van der Waals surface area contributed by atoms with Crippen LogP contribution in [0.2, 0.25) is 0 Å². The number of methoxy groups -OCH3 is 1. The number of amides is 1. The highest BCUT2D eigenvalue weighted by Gasteiger charge is 2.12. The second kappa shape index (κ2) is 12.7. The number of para-hydroxylation sites is 2. The lowest BCUT2D eigenvalue weighted by Gasteiger charge is -2.13. The van der Waals surface area contributed by atoms with Crippen LogP contribution in [-0.2, 0) is 11.2 Å². The van der Waals surface area contributed by atoms with Crippen molar-refractivity contribution in [2.45, 2.75) is 13.3 Å². The number of hydrogen-bond acceptors (Lipinski definition) is 5. The summed E-state index contributed by atoms with van der Waals surface area (Å²) in [6.07, 6.45) is 4.10. The van der Waals surface area contributed by atoms with Gasteiger partial charge < -0.3 is 19.5 Å². The minimum atomic E-state index is -0.480. The Morgan fingerprint density at radius 3 is 2.43 bits per heavy atom. The molecule has 35 heavy (non-hydrogen) atoms. The fourth-order valence-corrected chi connectivity index (χ4v) is 3.37. The Labute approximate surface area is 206 Å². The number of benzene rings is 3. The lowest BCUT2D eigenvalue weighted by molar-refractivity contribution is -0.112. The zero-order valence-electron chi connectivity index (χ0n) is 19.9. The zero-order chi connectivity index (χ0) is 25.0. The van der Waals surface area contributed by atoms with E-state index >= 15 is 0 Å². The van der Waals surface area contributed by atoms with E-state index in [0.717, 1.165) is 17.5 Å². The normalized spacial score (nSPS) is 10.7.